The number of hydrogen-bond acceptors (Lipinski definition) is 7. The Morgan fingerprint density at radius 1 is 1.45 bits per heavy atom. The van der Waals surface area contributed by atoms with Crippen molar-refractivity contribution in [3.63, 3.8) is 0 Å². The third-order valence-corrected chi connectivity index (χ3v) is 5.09. The van der Waals surface area contributed by atoms with Gasteiger partial charge < -0.3 is 4.74 Å². The third kappa shape index (κ3) is 4.01. The molecule has 2 rings (SSSR count). The first-order valence-electron chi connectivity index (χ1n) is 6.17. The highest BCUT2D eigenvalue weighted by molar-refractivity contribution is 7.89. The minimum atomic E-state index is -3.63. The second-order valence-electron chi connectivity index (χ2n) is 4.10. The number of rotatable bonds is 6. The number of ether oxygens (including phenoxy) is 1. The Bertz CT molecular complexity index is 776. The molecule has 22 heavy (non-hydrogen) atoms. The van der Waals surface area contributed by atoms with Gasteiger partial charge in [0.2, 0.25) is 10.0 Å². The molecule has 0 saturated heterocycles. The Balaban J connectivity index is 2.12. The van der Waals surface area contributed by atoms with E-state index in [1.54, 1.807) is 6.92 Å². The van der Waals surface area contributed by atoms with Crippen molar-refractivity contribution in [1.82, 2.24) is 14.3 Å². The van der Waals surface area contributed by atoms with E-state index in [0.717, 1.165) is 11.5 Å². The molecular weight excluding hydrogens is 350 g/mol. The molecule has 0 fully saturated rings. The summed E-state index contributed by atoms with van der Waals surface area (Å²) >= 11 is 6.79. The maximum absolute atomic E-state index is 12.0. The van der Waals surface area contributed by atoms with E-state index in [2.05, 4.69) is 14.3 Å². The number of esters is 1. The number of halogens is 1. The first-order chi connectivity index (χ1) is 10.4. The van der Waals surface area contributed by atoms with Gasteiger partial charge in [-0.15, -0.1) is 5.10 Å². The van der Waals surface area contributed by atoms with E-state index < -0.39 is 16.0 Å². The normalized spacial score (nSPS) is 11.4. The number of sulfonamides is 1. The number of hydrogen-bond donors (Lipinski definition) is 1. The minimum Gasteiger partial charge on any atom is -0.455 e. The van der Waals surface area contributed by atoms with Gasteiger partial charge in [0, 0.05) is 18.1 Å². The van der Waals surface area contributed by atoms with Crippen LogP contribution >= 0.6 is 23.1 Å². The van der Waals surface area contributed by atoms with Crippen molar-refractivity contribution in [2.24, 2.45) is 0 Å². The lowest BCUT2D eigenvalue weighted by molar-refractivity contribution is 0.0467. The van der Waals surface area contributed by atoms with Crippen LogP contribution < -0.4 is 4.72 Å². The summed E-state index contributed by atoms with van der Waals surface area (Å²) in [5.74, 6) is -0.669. The highest BCUT2D eigenvalue weighted by atomic mass is 35.5. The molecule has 1 heterocycles. The van der Waals surface area contributed by atoms with Gasteiger partial charge in [-0.05, 0) is 18.2 Å². The summed E-state index contributed by atoms with van der Waals surface area (Å²) in [7, 11) is -3.63. The second kappa shape index (κ2) is 7.14. The average molecular weight is 362 g/mol. The van der Waals surface area contributed by atoms with Crippen molar-refractivity contribution in [3.05, 3.63) is 39.9 Å². The Labute approximate surface area is 136 Å². The lowest BCUT2D eigenvalue weighted by Crippen LogP contribution is -2.23. The largest absolute Gasteiger partial charge is 0.455 e. The molecule has 0 unspecified atom stereocenters. The standard InChI is InChI=1S/C12H12ClN3O4S2/c1-2-14-22(18,19)9-5-3-4-8(6-9)12(17)20-7-10-11(13)21-16-15-10/h3-6,14H,2,7H2,1H3. The molecule has 1 aromatic heterocycles. The number of carbonyl (C=O) groups excluding carboxylic acids is 1. The number of benzene rings is 1. The molecular formula is C12H12ClN3O4S2. The van der Waals surface area contributed by atoms with Gasteiger partial charge in [-0.1, -0.05) is 29.1 Å². The van der Waals surface area contributed by atoms with Crippen LogP contribution in [0.2, 0.25) is 4.34 Å². The summed E-state index contributed by atoms with van der Waals surface area (Å²) < 4.78 is 35.2. The van der Waals surface area contributed by atoms with Gasteiger partial charge in [-0.25, -0.2) is 17.9 Å². The SMILES string of the molecule is CCNS(=O)(=O)c1cccc(C(=O)OCc2nnsc2Cl)c1. The zero-order chi connectivity index (χ0) is 16.2. The Morgan fingerprint density at radius 2 is 2.23 bits per heavy atom. The minimum absolute atomic E-state index is 0.00263. The maximum Gasteiger partial charge on any atom is 0.338 e. The van der Waals surface area contributed by atoms with Crippen LogP contribution in [0, 0.1) is 0 Å². The molecule has 0 radical (unpaired) electrons. The summed E-state index contributed by atoms with van der Waals surface area (Å²) in [4.78, 5) is 12.0. The van der Waals surface area contributed by atoms with Crippen LogP contribution in [-0.2, 0) is 21.4 Å². The lowest BCUT2D eigenvalue weighted by Gasteiger charge is -2.07. The third-order valence-electron chi connectivity index (χ3n) is 2.56. The van der Waals surface area contributed by atoms with Gasteiger partial charge in [0.05, 0.1) is 10.5 Å². The van der Waals surface area contributed by atoms with Gasteiger partial charge in [0.15, 0.2) is 0 Å². The maximum atomic E-state index is 12.0. The van der Waals surface area contributed by atoms with Crippen LogP contribution in [0.15, 0.2) is 29.2 Å². The van der Waals surface area contributed by atoms with Gasteiger partial charge in [-0.3, -0.25) is 0 Å². The van der Waals surface area contributed by atoms with E-state index in [4.69, 9.17) is 16.3 Å². The molecule has 1 N–H and O–H groups in total. The van der Waals surface area contributed by atoms with Crippen molar-refractivity contribution >= 4 is 39.1 Å². The Kier molecular flexibility index (Phi) is 5.46. The average Bonchev–Trinajstić information content (AvgIpc) is 2.90. The zero-order valence-electron chi connectivity index (χ0n) is 11.4. The molecule has 0 atom stereocenters. The summed E-state index contributed by atoms with van der Waals surface area (Å²) in [5, 5.41) is 3.72. The van der Waals surface area contributed by atoms with E-state index in [1.165, 1.54) is 24.3 Å². The van der Waals surface area contributed by atoms with E-state index in [9.17, 15) is 13.2 Å². The van der Waals surface area contributed by atoms with Gasteiger partial charge in [-0.2, -0.15) is 0 Å². The molecule has 10 heteroatoms. The van der Waals surface area contributed by atoms with E-state index >= 15 is 0 Å². The van der Waals surface area contributed by atoms with Crippen molar-refractivity contribution in [2.45, 2.75) is 18.4 Å². The summed E-state index contributed by atoms with van der Waals surface area (Å²) in [6.45, 7) is 1.80. The fourth-order valence-corrected chi connectivity index (χ4v) is 3.25. The molecule has 0 saturated carbocycles. The summed E-state index contributed by atoms with van der Waals surface area (Å²) in [5.41, 5.74) is 0.481. The fraction of sp³-hybridized carbons (Fsp3) is 0.250. The van der Waals surface area contributed by atoms with Gasteiger partial charge in [0.25, 0.3) is 0 Å². The van der Waals surface area contributed by atoms with Crippen LogP contribution in [0.25, 0.3) is 0 Å². The van der Waals surface area contributed by atoms with Crippen LogP contribution in [0.1, 0.15) is 23.0 Å². The number of nitrogens with zero attached hydrogens (tertiary/aromatic N) is 2. The predicted octanol–water partition coefficient (Wildman–Crippen LogP) is 1.85. The zero-order valence-corrected chi connectivity index (χ0v) is 13.8. The van der Waals surface area contributed by atoms with E-state index in [-0.39, 0.29) is 23.6 Å². The van der Waals surface area contributed by atoms with Crippen molar-refractivity contribution < 1.29 is 17.9 Å². The molecule has 1 aromatic carbocycles. The monoisotopic (exact) mass is 361 g/mol. The fourth-order valence-electron chi connectivity index (χ4n) is 1.56. The van der Waals surface area contributed by atoms with Gasteiger partial charge in [0.1, 0.15) is 16.6 Å². The van der Waals surface area contributed by atoms with Crippen LogP contribution in [-0.4, -0.2) is 30.5 Å². The lowest BCUT2D eigenvalue weighted by atomic mass is 10.2. The van der Waals surface area contributed by atoms with Crippen molar-refractivity contribution in [2.75, 3.05) is 6.54 Å². The van der Waals surface area contributed by atoms with Crippen LogP contribution in [0.4, 0.5) is 0 Å². The second-order valence-corrected chi connectivity index (χ2v) is 7.22. The molecule has 0 aliphatic rings. The molecule has 2 aromatic rings. The number of nitrogens with one attached hydrogen (secondary N) is 1. The van der Waals surface area contributed by atoms with Crippen LogP contribution in [0.3, 0.4) is 0 Å². The molecule has 0 amide bonds. The molecule has 0 spiro atoms. The summed E-state index contributed by atoms with van der Waals surface area (Å²) in [6, 6.07) is 5.59. The Morgan fingerprint density at radius 3 is 2.86 bits per heavy atom. The number of carbonyl (C=O) groups is 1. The molecule has 0 aliphatic heterocycles. The van der Waals surface area contributed by atoms with Crippen molar-refractivity contribution in [3.8, 4) is 0 Å². The predicted molar refractivity (Wildman–Crippen MR) is 81.3 cm³/mol. The van der Waals surface area contributed by atoms with Crippen LogP contribution in [0.5, 0.6) is 0 Å². The topological polar surface area (TPSA) is 98.2 Å². The molecule has 7 nitrogen and oxygen atoms in total. The summed E-state index contributed by atoms with van der Waals surface area (Å²) in [6.07, 6.45) is 0. The highest BCUT2D eigenvalue weighted by Crippen LogP contribution is 2.19. The number of aromatic nitrogens is 2. The van der Waals surface area contributed by atoms with E-state index in [0.29, 0.717) is 10.0 Å². The van der Waals surface area contributed by atoms with E-state index in [1.807, 2.05) is 0 Å². The van der Waals surface area contributed by atoms with Gasteiger partial charge >= 0.3 is 5.97 Å². The molecule has 118 valence electrons. The Hall–Kier alpha value is -1.55. The first kappa shape index (κ1) is 16.8. The molecule has 0 aliphatic carbocycles. The quantitative estimate of drug-likeness (QED) is 0.788. The highest BCUT2D eigenvalue weighted by Gasteiger charge is 2.16. The smallest absolute Gasteiger partial charge is 0.338 e. The first-order valence-corrected chi connectivity index (χ1v) is 8.81. The van der Waals surface area contributed by atoms with Crippen molar-refractivity contribution in [1.29, 1.82) is 0 Å². The molecule has 0 bridgehead atoms.